The van der Waals surface area contributed by atoms with Crippen LogP contribution in [0.1, 0.15) is 18.4 Å². The number of carboxylic acid groups (broad SMARTS) is 1. The molecule has 0 spiro atoms. The van der Waals surface area contributed by atoms with Crippen LogP contribution in [-0.2, 0) is 9.59 Å². The lowest BCUT2D eigenvalue weighted by molar-refractivity contribution is -0.145. The molecule has 1 atom stereocenters. The van der Waals surface area contributed by atoms with Crippen molar-refractivity contribution in [2.45, 2.75) is 12.8 Å². The SMILES string of the molecule is COc1cccc2c1OCC(C(=O)N1CCC[C@H](C(=O)O)C1)=C2. The topological polar surface area (TPSA) is 76.1 Å². The van der Waals surface area contributed by atoms with E-state index in [0.717, 1.165) is 5.56 Å². The molecule has 6 nitrogen and oxygen atoms in total. The van der Waals surface area contributed by atoms with Gasteiger partial charge in [-0.1, -0.05) is 12.1 Å². The molecule has 1 amide bonds. The van der Waals surface area contributed by atoms with Crippen LogP contribution in [0, 0.1) is 5.92 Å². The maximum atomic E-state index is 12.6. The molecule has 1 N–H and O–H groups in total. The summed E-state index contributed by atoms with van der Waals surface area (Å²) in [7, 11) is 1.57. The van der Waals surface area contributed by atoms with Crippen molar-refractivity contribution in [3.63, 3.8) is 0 Å². The van der Waals surface area contributed by atoms with Crippen molar-refractivity contribution in [1.82, 2.24) is 4.90 Å². The Kier molecular flexibility index (Phi) is 4.23. The van der Waals surface area contributed by atoms with E-state index >= 15 is 0 Å². The summed E-state index contributed by atoms with van der Waals surface area (Å²) in [5.41, 5.74) is 1.34. The zero-order chi connectivity index (χ0) is 16.4. The normalized spacial score (nSPS) is 20.1. The molecular formula is C17H19NO5. The van der Waals surface area contributed by atoms with E-state index in [2.05, 4.69) is 0 Å². The second-order valence-electron chi connectivity index (χ2n) is 5.77. The van der Waals surface area contributed by atoms with E-state index in [4.69, 9.17) is 14.6 Å². The number of amides is 1. The fourth-order valence-corrected chi connectivity index (χ4v) is 3.03. The van der Waals surface area contributed by atoms with Crippen LogP contribution in [0.5, 0.6) is 11.5 Å². The van der Waals surface area contributed by atoms with Crippen LogP contribution in [-0.4, -0.2) is 48.7 Å². The minimum absolute atomic E-state index is 0.149. The molecule has 1 aromatic carbocycles. The predicted molar refractivity (Wildman–Crippen MR) is 83.4 cm³/mol. The lowest BCUT2D eigenvalue weighted by atomic mass is 9.97. The number of carbonyl (C=O) groups excluding carboxylic acids is 1. The zero-order valence-corrected chi connectivity index (χ0v) is 12.9. The van der Waals surface area contributed by atoms with Crippen LogP contribution in [0.3, 0.4) is 0 Å². The highest BCUT2D eigenvalue weighted by molar-refractivity contribution is 5.99. The molecular weight excluding hydrogens is 298 g/mol. The molecule has 2 aliphatic rings. The van der Waals surface area contributed by atoms with Crippen LogP contribution >= 0.6 is 0 Å². The second-order valence-corrected chi connectivity index (χ2v) is 5.77. The molecule has 1 saturated heterocycles. The summed E-state index contributed by atoms with van der Waals surface area (Å²) < 4.78 is 10.9. The number of aliphatic carboxylic acids is 1. The Morgan fingerprint density at radius 1 is 1.39 bits per heavy atom. The second kappa shape index (κ2) is 6.32. The maximum Gasteiger partial charge on any atom is 0.308 e. The summed E-state index contributed by atoms with van der Waals surface area (Å²) in [6, 6.07) is 5.51. The highest BCUT2D eigenvalue weighted by atomic mass is 16.5. The summed E-state index contributed by atoms with van der Waals surface area (Å²) in [6.07, 6.45) is 3.13. The van der Waals surface area contributed by atoms with Gasteiger partial charge in [0.15, 0.2) is 11.5 Å². The van der Waals surface area contributed by atoms with Gasteiger partial charge in [0.2, 0.25) is 0 Å². The number of methoxy groups -OCH3 is 1. The number of nitrogens with zero attached hydrogens (tertiary/aromatic N) is 1. The summed E-state index contributed by atoms with van der Waals surface area (Å²) in [5, 5.41) is 9.14. The number of piperidine rings is 1. The largest absolute Gasteiger partial charge is 0.493 e. The molecule has 0 saturated carbocycles. The third-order valence-electron chi connectivity index (χ3n) is 4.26. The van der Waals surface area contributed by atoms with Crippen molar-refractivity contribution in [3.8, 4) is 11.5 Å². The number of rotatable bonds is 3. The maximum absolute atomic E-state index is 12.6. The van der Waals surface area contributed by atoms with E-state index in [1.165, 1.54) is 0 Å². The average Bonchev–Trinajstić information content (AvgIpc) is 2.60. The van der Waals surface area contributed by atoms with Gasteiger partial charge in [-0.2, -0.15) is 0 Å². The molecule has 1 fully saturated rings. The zero-order valence-electron chi connectivity index (χ0n) is 12.9. The minimum Gasteiger partial charge on any atom is -0.493 e. The predicted octanol–water partition coefficient (Wildman–Crippen LogP) is 1.79. The number of ether oxygens (including phenoxy) is 2. The molecule has 1 aromatic rings. The Morgan fingerprint density at radius 2 is 2.22 bits per heavy atom. The summed E-state index contributed by atoms with van der Waals surface area (Å²) >= 11 is 0. The van der Waals surface area contributed by atoms with Gasteiger partial charge in [-0.25, -0.2) is 0 Å². The molecule has 0 radical (unpaired) electrons. The van der Waals surface area contributed by atoms with E-state index < -0.39 is 11.9 Å². The quantitative estimate of drug-likeness (QED) is 0.920. The number of hydrogen-bond acceptors (Lipinski definition) is 4. The molecule has 0 aromatic heterocycles. The Bertz CT molecular complexity index is 667. The first-order valence-electron chi connectivity index (χ1n) is 7.62. The first kappa shape index (κ1) is 15.4. The number of likely N-dealkylation sites (tertiary alicyclic amines) is 1. The first-order chi connectivity index (χ1) is 11.1. The molecule has 0 unspecified atom stereocenters. The summed E-state index contributed by atoms with van der Waals surface area (Å²) in [4.78, 5) is 25.4. The smallest absolute Gasteiger partial charge is 0.308 e. The summed E-state index contributed by atoms with van der Waals surface area (Å²) in [5.74, 6) is -0.205. The molecule has 122 valence electrons. The van der Waals surface area contributed by atoms with Gasteiger partial charge in [-0.3, -0.25) is 9.59 Å². The van der Waals surface area contributed by atoms with Crippen molar-refractivity contribution in [3.05, 3.63) is 29.3 Å². The lowest BCUT2D eigenvalue weighted by Gasteiger charge is -2.32. The molecule has 0 aliphatic carbocycles. The molecule has 3 rings (SSSR count). The van der Waals surface area contributed by atoms with Crippen molar-refractivity contribution >= 4 is 18.0 Å². The van der Waals surface area contributed by atoms with E-state index in [1.807, 2.05) is 18.2 Å². The Labute approximate surface area is 134 Å². The van der Waals surface area contributed by atoms with E-state index in [9.17, 15) is 9.59 Å². The van der Waals surface area contributed by atoms with Crippen LogP contribution < -0.4 is 9.47 Å². The van der Waals surface area contributed by atoms with Gasteiger partial charge in [-0.15, -0.1) is 0 Å². The van der Waals surface area contributed by atoms with Gasteiger partial charge in [0, 0.05) is 18.7 Å². The molecule has 23 heavy (non-hydrogen) atoms. The fourth-order valence-electron chi connectivity index (χ4n) is 3.03. The van der Waals surface area contributed by atoms with E-state index in [0.29, 0.717) is 36.5 Å². The van der Waals surface area contributed by atoms with E-state index in [1.54, 1.807) is 18.1 Å². The van der Waals surface area contributed by atoms with Crippen molar-refractivity contribution in [1.29, 1.82) is 0 Å². The van der Waals surface area contributed by atoms with Crippen LogP contribution in [0.25, 0.3) is 6.08 Å². The van der Waals surface area contributed by atoms with Crippen molar-refractivity contribution < 1.29 is 24.2 Å². The van der Waals surface area contributed by atoms with Gasteiger partial charge in [0.1, 0.15) is 6.61 Å². The standard InChI is InChI=1S/C17H19NO5/c1-22-14-6-2-4-11-8-13(10-23-15(11)14)16(19)18-7-3-5-12(9-18)17(20)21/h2,4,6,8,12H,3,5,7,9-10H2,1H3,(H,20,21)/t12-/m0/s1. The van der Waals surface area contributed by atoms with E-state index in [-0.39, 0.29) is 19.1 Å². The minimum atomic E-state index is -0.841. The van der Waals surface area contributed by atoms with Crippen molar-refractivity contribution in [2.75, 3.05) is 26.8 Å². The Hall–Kier alpha value is -2.50. The first-order valence-corrected chi connectivity index (χ1v) is 7.62. The van der Waals surface area contributed by atoms with Crippen LogP contribution in [0.15, 0.2) is 23.8 Å². The number of hydrogen-bond donors (Lipinski definition) is 1. The highest BCUT2D eigenvalue weighted by Gasteiger charge is 2.30. The molecule has 6 heteroatoms. The molecule has 0 bridgehead atoms. The number of benzene rings is 1. The Morgan fingerprint density at radius 3 is 2.96 bits per heavy atom. The molecule has 2 heterocycles. The average molecular weight is 317 g/mol. The third kappa shape index (κ3) is 3.02. The van der Waals surface area contributed by atoms with Crippen molar-refractivity contribution in [2.24, 2.45) is 5.92 Å². The monoisotopic (exact) mass is 317 g/mol. The van der Waals surface area contributed by atoms with Gasteiger partial charge in [-0.05, 0) is 25.0 Å². The third-order valence-corrected chi connectivity index (χ3v) is 4.26. The number of fused-ring (bicyclic) bond motifs is 1. The number of carbonyl (C=O) groups is 2. The van der Waals surface area contributed by atoms with Gasteiger partial charge >= 0.3 is 5.97 Å². The van der Waals surface area contributed by atoms with Gasteiger partial charge < -0.3 is 19.5 Å². The van der Waals surface area contributed by atoms with Crippen LogP contribution in [0.2, 0.25) is 0 Å². The lowest BCUT2D eigenvalue weighted by Crippen LogP contribution is -2.43. The molecule has 2 aliphatic heterocycles. The van der Waals surface area contributed by atoms with Crippen LogP contribution in [0.4, 0.5) is 0 Å². The van der Waals surface area contributed by atoms with Gasteiger partial charge in [0.05, 0.1) is 18.6 Å². The number of para-hydroxylation sites is 1. The Balaban J connectivity index is 1.80. The summed E-state index contributed by atoms with van der Waals surface area (Å²) in [6.45, 7) is 1.02. The fraction of sp³-hybridized carbons (Fsp3) is 0.412. The highest BCUT2D eigenvalue weighted by Crippen LogP contribution is 2.36. The number of carboxylic acids is 1. The van der Waals surface area contributed by atoms with Gasteiger partial charge in [0.25, 0.3) is 5.91 Å².